The number of rotatable bonds is 9. The molecular formula is C21H31NO2. The summed E-state index contributed by atoms with van der Waals surface area (Å²) in [6.45, 7) is 3.36. The van der Waals surface area contributed by atoms with E-state index in [0.717, 1.165) is 25.6 Å². The fraction of sp³-hybridized carbons (Fsp3) is 0.619. The van der Waals surface area contributed by atoms with Crippen molar-refractivity contribution in [2.24, 2.45) is 0 Å². The lowest BCUT2D eigenvalue weighted by atomic mass is 9.83. The highest BCUT2D eigenvalue weighted by Crippen LogP contribution is 2.35. The standard InChI is InChI=1S/C21H31NO2/c1-23-13-14-24-12-6-9-19-15-20-10-5-11-21(16-19)22(20)17-18-7-3-2-4-8-18/h2-4,7-8,15,20-21H,5-6,9-14,16-17H2,1H3. The van der Waals surface area contributed by atoms with Crippen molar-refractivity contribution in [1.82, 2.24) is 4.90 Å². The molecule has 3 nitrogen and oxygen atoms in total. The van der Waals surface area contributed by atoms with Gasteiger partial charge in [-0.25, -0.2) is 0 Å². The third-order valence-corrected chi connectivity index (χ3v) is 5.28. The van der Waals surface area contributed by atoms with Gasteiger partial charge in [0.2, 0.25) is 0 Å². The van der Waals surface area contributed by atoms with Crippen molar-refractivity contribution >= 4 is 0 Å². The Morgan fingerprint density at radius 3 is 2.75 bits per heavy atom. The Kier molecular flexibility index (Phi) is 6.88. The Morgan fingerprint density at radius 1 is 1.08 bits per heavy atom. The second kappa shape index (κ2) is 9.36. The van der Waals surface area contributed by atoms with Gasteiger partial charge in [0, 0.05) is 32.3 Å². The average molecular weight is 329 g/mol. The molecule has 2 heterocycles. The van der Waals surface area contributed by atoms with Crippen LogP contribution in [-0.4, -0.2) is 43.9 Å². The summed E-state index contributed by atoms with van der Waals surface area (Å²) in [7, 11) is 1.72. The van der Waals surface area contributed by atoms with Crippen LogP contribution in [0.2, 0.25) is 0 Å². The van der Waals surface area contributed by atoms with Crippen LogP contribution < -0.4 is 0 Å². The predicted molar refractivity (Wildman–Crippen MR) is 98.0 cm³/mol. The molecule has 2 atom stereocenters. The van der Waals surface area contributed by atoms with E-state index in [1.54, 1.807) is 12.7 Å². The molecule has 3 rings (SSSR count). The van der Waals surface area contributed by atoms with Crippen molar-refractivity contribution < 1.29 is 9.47 Å². The zero-order valence-corrected chi connectivity index (χ0v) is 15.0. The Morgan fingerprint density at radius 2 is 1.96 bits per heavy atom. The first-order chi connectivity index (χ1) is 11.9. The summed E-state index contributed by atoms with van der Waals surface area (Å²) in [4.78, 5) is 2.73. The Balaban J connectivity index is 1.51. The van der Waals surface area contributed by atoms with Crippen LogP contribution in [0, 0.1) is 0 Å². The van der Waals surface area contributed by atoms with E-state index in [9.17, 15) is 0 Å². The third kappa shape index (κ3) is 4.92. The topological polar surface area (TPSA) is 21.7 Å². The van der Waals surface area contributed by atoms with E-state index >= 15 is 0 Å². The molecule has 1 saturated heterocycles. The zero-order chi connectivity index (χ0) is 16.6. The largest absolute Gasteiger partial charge is 0.382 e. The number of hydrogen-bond acceptors (Lipinski definition) is 3. The molecule has 2 unspecified atom stereocenters. The first-order valence-electron chi connectivity index (χ1n) is 9.42. The Labute approximate surface area is 146 Å². The van der Waals surface area contributed by atoms with Crippen molar-refractivity contribution in [2.75, 3.05) is 26.9 Å². The summed E-state index contributed by atoms with van der Waals surface area (Å²) < 4.78 is 10.6. The van der Waals surface area contributed by atoms with Gasteiger partial charge in [0.15, 0.2) is 0 Å². The van der Waals surface area contributed by atoms with Gasteiger partial charge >= 0.3 is 0 Å². The molecule has 0 amide bonds. The van der Waals surface area contributed by atoms with Crippen LogP contribution in [0.4, 0.5) is 0 Å². The quantitative estimate of drug-likeness (QED) is 0.501. The second-order valence-electron chi connectivity index (χ2n) is 7.05. The van der Waals surface area contributed by atoms with E-state index < -0.39 is 0 Å². The van der Waals surface area contributed by atoms with Crippen LogP contribution in [0.5, 0.6) is 0 Å². The summed E-state index contributed by atoms with van der Waals surface area (Å²) in [6, 6.07) is 12.3. The number of benzene rings is 1. The van der Waals surface area contributed by atoms with Crippen molar-refractivity contribution in [3.63, 3.8) is 0 Å². The Hall–Kier alpha value is -1.16. The fourth-order valence-corrected chi connectivity index (χ4v) is 4.08. The van der Waals surface area contributed by atoms with Gasteiger partial charge in [0.05, 0.1) is 13.2 Å². The van der Waals surface area contributed by atoms with E-state index in [1.807, 2.05) is 0 Å². The smallest absolute Gasteiger partial charge is 0.0700 e. The van der Waals surface area contributed by atoms with Gasteiger partial charge in [-0.3, -0.25) is 4.90 Å². The minimum Gasteiger partial charge on any atom is -0.382 e. The van der Waals surface area contributed by atoms with Crippen LogP contribution in [-0.2, 0) is 16.0 Å². The molecule has 1 aromatic rings. The second-order valence-corrected chi connectivity index (χ2v) is 7.05. The summed E-state index contributed by atoms with van der Waals surface area (Å²) in [6.07, 6.45) is 10.2. The van der Waals surface area contributed by atoms with Gasteiger partial charge in [0.1, 0.15) is 0 Å². The lowest BCUT2D eigenvalue weighted by Crippen LogP contribution is -2.48. The van der Waals surface area contributed by atoms with Gasteiger partial charge < -0.3 is 9.47 Å². The molecule has 24 heavy (non-hydrogen) atoms. The molecule has 1 aromatic carbocycles. The van der Waals surface area contributed by atoms with Gasteiger partial charge in [-0.15, -0.1) is 0 Å². The van der Waals surface area contributed by atoms with Crippen molar-refractivity contribution in [2.45, 2.75) is 57.2 Å². The minimum atomic E-state index is 0.641. The molecule has 3 heteroatoms. The molecule has 0 aliphatic carbocycles. The van der Waals surface area contributed by atoms with E-state index in [2.05, 4.69) is 41.3 Å². The van der Waals surface area contributed by atoms with E-state index in [0.29, 0.717) is 19.3 Å². The maximum Gasteiger partial charge on any atom is 0.0700 e. The monoisotopic (exact) mass is 329 g/mol. The summed E-state index contributed by atoms with van der Waals surface area (Å²) in [5.74, 6) is 0. The van der Waals surface area contributed by atoms with Gasteiger partial charge in [-0.05, 0) is 37.7 Å². The van der Waals surface area contributed by atoms with Crippen LogP contribution in [0.1, 0.15) is 44.1 Å². The van der Waals surface area contributed by atoms with Crippen LogP contribution in [0.3, 0.4) is 0 Å². The van der Waals surface area contributed by atoms with Crippen LogP contribution >= 0.6 is 0 Å². The molecule has 0 saturated carbocycles. The number of nitrogens with zero attached hydrogens (tertiary/aromatic N) is 1. The van der Waals surface area contributed by atoms with Gasteiger partial charge in [-0.2, -0.15) is 0 Å². The number of piperidine rings is 1. The van der Waals surface area contributed by atoms with Crippen molar-refractivity contribution in [3.8, 4) is 0 Å². The summed E-state index contributed by atoms with van der Waals surface area (Å²) >= 11 is 0. The molecule has 0 N–H and O–H groups in total. The van der Waals surface area contributed by atoms with Crippen molar-refractivity contribution in [3.05, 3.63) is 47.5 Å². The highest BCUT2D eigenvalue weighted by molar-refractivity contribution is 5.20. The van der Waals surface area contributed by atoms with Crippen molar-refractivity contribution in [1.29, 1.82) is 0 Å². The number of fused-ring (bicyclic) bond motifs is 2. The van der Waals surface area contributed by atoms with Crippen LogP contribution in [0.25, 0.3) is 0 Å². The number of methoxy groups -OCH3 is 1. The number of ether oxygens (including phenoxy) is 2. The molecule has 0 radical (unpaired) electrons. The normalized spacial score (nSPS) is 24.0. The molecule has 2 aliphatic rings. The molecule has 2 aliphatic heterocycles. The minimum absolute atomic E-state index is 0.641. The maximum atomic E-state index is 5.60. The summed E-state index contributed by atoms with van der Waals surface area (Å²) in [5.41, 5.74) is 3.10. The highest BCUT2D eigenvalue weighted by atomic mass is 16.5. The molecule has 1 fully saturated rings. The molecule has 0 spiro atoms. The number of hydrogen-bond donors (Lipinski definition) is 0. The third-order valence-electron chi connectivity index (χ3n) is 5.28. The van der Waals surface area contributed by atoms with E-state index in [1.165, 1.54) is 37.7 Å². The maximum absolute atomic E-state index is 5.60. The van der Waals surface area contributed by atoms with E-state index in [4.69, 9.17) is 9.47 Å². The summed E-state index contributed by atoms with van der Waals surface area (Å²) in [5, 5.41) is 0. The van der Waals surface area contributed by atoms with E-state index in [-0.39, 0.29) is 0 Å². The molecule has 2 bridgehead atoms. The molecular weight excluding hydrogens is 298 g/mol. The zero-order valence-electron chi connectivity index (χ0n) is 15.0. The lowest BCUT2D eigenvalue weighted by Gasteiger charge is -2.45. The molecule has 132 valence electrons. The SMILES string of the molecule is COCCOCCCC1=CC2CCCC(C1)N2Cc1ccccc1. The average Bonchev–Trinajstić information content (AvgIpc) is 2.59. The van der Waals surface area contributed by atoms with Gasteiger partial charge in [0.25, 0.3) is 0 Å². The first-order valence-corrected chi connectivity index (χ1v) is 9.42. The first kappa shape index (κ1) is 17.7. The van der Waals surface area contributed by atoms with Gasteiger partial charge in [-0.1, -0.05) is 48.4 Å². The Bertz CT molecular complexity index is 514. The fourth-order valence-electron chi connectivity index (χ4n) is 4.08. The molecule has 0 aromatic heterocycles. The predicted octanol–water partition coefficient (Wildman–Crippen LogP) is 4.18. The highest BCUT2D eigenvalue weighted by Gasteiger charge is 2.33. The lowest BCUT2D eigenvalue weighted by molar-refractivity contribution is 0.0677. The van der Waals surface area contributed by atoms with Crippen LogP contribution in [0.15, 0.2) is 42.0 Å².